The van der Waals surface area contributed by atoms with Crippen molar-refractivity contribution in [2.24, 2.45) is 0 Å². The van der Waals surface area contributed by atoms with Crippen molar-refractivity contribution in [3.8, 4) is 0 Å². The number of rotatable bonds is 13. The zero-order chi connectivity index (χ0) is 18.7. The molecule has 0 fully saturated rings. The van der Waals surface area contributed by atoms with E-state index in [0.717, 1.165) is 51.4 Å². The highest BCUT2D eigenvalue weighted by Crippen LogP contribution is 2.22. The minimum Gasteiger partial charge on any atom is -0.294 e. The lowest BCUT2D eigenvalue weighted by Gasteiger charge is -2.12. The van der Waals surface area contributed by atoms with Gasteiger partial charge in [0.05, 0.1) is 0 Å². The number of ketones is 3. The van der Waals surface area contributed by atoms with Crippen LogP contribution in [0.5, 0.6) is 0 Å². The Labute approximate surface area is 152 Å². The number of carbonyl (C=O) groups is 3. The Hall–Kier alpha value is -1.77. The Morgan fingerprint density at radius 2 is 1.24 bits per heavy atom. The van der Waals surface area contributed by atoms with Crippen LogP contribution >= 0.6 is 0 Å². The molecule has 0 aliphatic rings. The third-order valence-corrected chi connectivity index (χ3v) is 4.54. The molecule has 1 aromatic carbocycles. The van der Waals surface area contributed by atoms with Crippen molar-refractivity contribution in [3.63, 3.8) is 0 Å². The zero-order valence-electron chi connectivity index (χ0n) is 16.0. The Bertz CT molecular complexity index is 587. The van der Waals surface area contributed by atoms with Crippen LogP contribution < -0.4 is 0 Å². The van der Waals surface area contributed by atoms with E-state index in [1.54, 1.807) is 18.2 Å². The lowest BCUT2D eigenvalue weighted by Crippen LogP contribution is -2.14. The van der Waals surface area contributed by atoms with Crippen molar-refractivity contribution in [3.05, 3.63) is 34.9 Å². The standard InChI is InChI=1S/C22H32O3/c1-4-6-8-10-15-20(24)19-14-12-13-18(17(3)23)22(19)21(25)16-11-9-7-5-2/h12-14H,4-11,15-16H2,1-3H3. The first kappa shape index (κ1) is 21.3. The molecule has 0 saturated carbocycles. The maximum absolute atomic E-state index is 12.7. The number of unbranched alkanes of at least 4 members (excludes halogenated alkanes) is 6. The van der Waals surface area contributed by atoms with Gasteiger partial charge in [-0.2, -0.15) is 0 Å². The van der Waals surface area contributed by atoms with Crippen LogP contribution in [0.1, 0.15) is 116 Å². The second kappa shape index (κ2) is 11.7. The van der Waals surface area contributed by atoms with E-state index in [0.29, 0.717) is 29.5 Å². The molecule has 0 aromatic heterocycles. The van der Waals surface area contributed by atoms with Crippen LogP contribution in [0, 0.1) is 0 Å². The predicted molar refractivity (Wildman–Crippen MR) is 103 cm³/mol. The number of hydrogen-bond donors (Lipinski definition) is 0. The SMILES string of the molecule is CCCCCCC(=O)c1cccc(C(C)=O)c1C(=O)CCCCCC. The third kappa shape index (κ3) is 6.93. The van der Waals surface area contributed by atoms with Gasteiger partial charge in [-0.25, -0.2) is 0 Å². The minimum absolute atomic E-state index is 0.0175. The van der Waals surface area contributed by atoms with Gasteiger partial charge in [-0.3, -0.25) is 14.4 Å². The summed E-state index contributed by atoms with van der Waals surface area (Å²) in [6, 6.07) is 5.08. The van der Waals surface area contributed by atoms with Crippen LogP contribution in [-0.2, 0) is 0 Å². The van der Waals surface area contributed by atoms with Gasteiger partial charge in [-0.05, 0) is 19.8 Å². The van der Waals surface area contributed by atoms with E-state index in [2.05, 4.69) is 13.8 Å². The summed E-state index contributed by atoms with van der Waals surface area (Å²) in [4.78, 5) is 37.3. The van der Waals surface area contributed by atoms with E-state index in [1.807, 2.05) is 0 Å². The van der Waals surface area contributed by atoms with E-state index in [9.17, 15) is 14.4 Å². The molecule has 0 amide bonds. The van der Waals surface area contributed by atoms with Gasteiger partial charge >= 0.3 is 0 Å². The molecule has 0 heterocycles. The molecule has 0 radical (unpaired) electrons. The molecule has 0 N–H and O–H groups in total. The summed E-state index contributed by atoms with van der Waals surface area (Å²) in [6.07, 6.45) is 8.96. The van der Waals surface area contributed by atoms with Crippen molar-refractivity contribution in [1.29, 1.82) is 0 Å². The minimum atomic E-state index is -0.155. The molecule has 3 nitrogen and oxygen atoms in total. The first-order valence-corrected chi connectivity index (χ1v) is 9.73. The van der Waals surface area contributed by atoms with Gasteiger partial charge < -0.3 is 0 Å². The van der Waals surface area contributed by atoms with Gasteiger partial charge in [-0.15, -0.1) is 0 Å². The molecule has 0 unspecified atom stereocenters. The zero-order valence-corrected chi connectivity index (χ0v) is 16.0. The molecule has 0 atom stereocenters. The summed E-state index contributed by atoms with van der Waals surface area (Å²) in [5.41, 5.74) is 1.18. The molecule has 1 aromatic rings. The smallest absolute Gasteiger partial charge is 0.164 e. The van der Waals surface area contributed by atoms with Gasteiger partial charge in [0.1, 0.15) is 0 Å². The normalized spacial score (nSPS) is 10.7. The Kier molecular flexibility index (Phi) is 9.98. The molecule has 25 heavy (non-hydrogen) atoms. The third-order valence-electron chi connectivity index (χ3n) is 4.54. The molecule has 0 aliphatic carbocycles. The average molecular weight is 344 g/mol. The number of carbonyl (C=O) groups excluding carboxylic acids is 3. The van der Waals surface area contributed by atoms with E-state index in [-0.39, 0.29) is 17.3 Å². The fourth-order valence-electron chi connectivity index (χ4n) is 3.06. The van der Waals surface area contributed by atoms with E-state index in [1.165, 1.54) is 6.92 Å². The topological polar surface area (TPSA) is 51.2 Å². The van der Waals surface area contributed by atoms with Crippen LogP contribution in [0.4, 0.5) is 0 Å². The summed E-state index contributed by atoms with van der Waals surface area (Å²) in [7, 11) is 0. The Morgan fingerprint density at radius 3 is 1.76 bits per heavy atom. The molecule has 0 spiro atoms. The fourth-order valence-corrected chi connectivity index (χ4v) is 3.06. The highest BCUT2D eigenvalue weighted by molar-refractivity contribution is 6.15. The lowest BCUT2D eigenvalue weighted by molar-refractivity contribution is 0.0938. The van der Waals surface area contributed by atoms with Crippen LogP contribution in [0.2, 0.25) is 0 Å². The van der Waals surface area contributed by atoms with Crippen LogP contribution in [-0.4, -0.2) is 17.3 Å². The summed E-state index contributed by atoms with van der Waals surface area (Å²) in [6.45, 7) is 5.72. The molecule has 0 bridgehead atoms. The summed E-state index contributed by atoms with van der Waals surface area (Å²) in [5, 5.41) is 0. The lowest BCUT2D eigenvalue weighted by atomic mass is 9.89. The number of hydrogen-bond acceptors (Lipinski definition) is 3. The molecule has 0 saturated heterocycles. The molecular formula is C22H32O3. The van der Waals surface area contributed by atoms with Gasteiger partial charge in [0, 0.05) is 29.5 Å². The first-order chi connectivity index (χ1) is 12.0. The predicted octanol–water partition coefficient (Wildman–Crippen LogP) is 6.20. The van der Waals surface area contributed by atoms with Crippen molar-refractivity contribution in [1.82, 2.24) is 0 Å². The van der Waals surface area contributed by atoms with Gasteiger partial charge in [0.15, 0.2) is 17.3 Å². The molecule has 1 rings (SSSR count). The van der Waals surface area contributed by atoms with Gasteiger partial charge in [0.2, 0.25) is 0 Å². The molecule has 138 valence electrons. The average Bonchev–Trinajstić information content (AvgIpc) is 2.61. The highest BCUT2D eigenvalue weighted by Gasteiger charge is 2.22. The monoisotopic (exact) mass is 344 g/mol. The van der Waals surface area contributed by atoms with Crippen LogP contribution in [0.3, 0.4) is 0 Å². The van der Waals surface area contributed by atoms with Crippen molar-refractivity contribution < 1.29 is 14.4 Å². The summed E-state index contributed by atoms with van der Waals surface area (Å²) >= 11 is 0. The van der Waals surface area contributed by atoms with E-state index < -0.39 is 0 Å². The maximum Gasteiger partial charge on any atom is 0.164 e. The van der Waals surface area contributed by atoms with Crippen molar-refractivity contribution in [2.75, 3.05) is 0 Å². The van der Waals surface area contributed by atoms with Gasteiger partial charge in [0.25, 0.3) is 0 Å². The van der Waals surface area contributed by atoms with E-state index in [4.69, 9.17) is 0 Å². The summed E-state index contributed by atoms with van der Waals surface area (Å²) < 4.78 is 0. The number of Topliss-reactive ketones (excluding diaryl/α,β-unsaturated/α-hetero) is 3. The second-order valence-electron chi connectivity index (χ2n) is 6.75. The Balaban J connectivity index is 2.96. The highest BCUT2D eigenvalue weighted by atomic mass is 16.1. The molecule has 3 heteroatoms. The second-order valence-corrected chi connectivity index (χ2v) is 6.75. The Morgan fingerprint density at radius 1 is 0.720 bits per heavy atom. The quantitative estimate of drug-likeness (QED) is 0.316. The van der Waals surface area contributed by atoms with Crippen LogP contribution in [0.25, 0.3) is 0 Å². The first-order valence-electron chi connectivity index (χ1n) is 9.73. The fraction of sp³-hybridized carbons (Fsp3) is 0.591. The maximum atomic E-state index is 12.7. The van der Waals surface area contributed by atoms with E-state index >= 15 is 0 Å². The van der Waals surface area contributed by atoms with Crippen LogP contribution in [0.15, 0.2) is 18.2 Å². The molecule has 0 aliphatic heterocycles. The number of benzene rings is 1. The van der Waals surface area contributed by atoms with Gasteiger partial charge in [-0.1, -0.05) is 70.6 Å². The van der Waals surface area contributed by atoms with Crippen molar-refractivity contribution >= 4 is 17.3 Å². The van der Waals surface area contributed by atoms with Crippen molar-refractivity contribution in [2.45, 2.75) is 85.0 Å². The molecular weight excluding hydrogens is 312 g/mol. The summed E-state index contributed by atoms with van der Waals surface area (Å²) in [5.74, 6) is -0.243. The largest absolute Gasteiger partial charge is 0.294 e.